The Morgan fingerprint density at radius 1 is 1.32 bits per heavy atom. The number of aromatic nitrogens is 3. The molecule has 0 aliphatic rings. The van der Waals surface area contributed by atoms with Crippen molar-refractivity contribution in [3.05, 3.63) is 51.9 Å². The standard InChI is InChI=1S/C14H13N5O3/c15-14-18-11-10(12(20)19-14)8(6-17-11)5-16-9-3-1-7(2-4-9)13(21)22/h1-4,6,16H,5H2,(H,21,22)(H4,15,17,18,19,20). The maximum absolute atomic E-state index is 11.9. The summed E-state index contributed by atoms with van der Waals surface area (Å²) in [6.07, 6.45) is 1.69. The molecule has 2 heterocycles. The third-order valence-corrected chi connectivity index (χ3v) is 3.26. The highest BCUT2D eigenvalue weighted by atomic mass is 16.4. The van der Waals surface area contributed by atoms with Crippen LogP contribution in [0.2, 0.25) is 0 Å². The molecule has 6 N–H and O–H groups in total. The lowest BCUT2D eigenvalue weighted by Crippen LogP contribution is -2.12. The first-order chi connectivity index (χ1) is 10.5. The highest BCUT2D eigenvalue weighted by molar-refractivity contribution is 5.88. The van der Waals surface area contributed by atoms with E-state index in [9.17, 15) is 9.59 Å². The average molecular weight is 299 g/mol. The normalized spacial score (nSPS) is 10.7. The van der Waals surface area contributed by atoms with Gasteiger partial charge in [0.15, 0.2) is 0 Å². The summed E-state index contributed by atoms with van der Waals surface area (Å²) in [7, 11) is 0. The summed E-state index contributed by atoms with van der Waals surface area (Å²) in [4.78, 5) is 32.1. The Morgan fingerprint density at radius 3 is 2.73 bits per heavy atom. The predicted octanol–water partition coefficient (Wildman–Crippen LogP) is 1.14. The summed E-state index contributed by atoms with van der Waals surface area (Å²) in [6, 6.07) is 6.35. The Hall–Kier alpha value is -3.29. The fourth-order valence-electron chi connectivity index (χ4n) is 2.19. The van der Waals surface area contributed by atoms with Crippen molar-refractivity contribution in [2.45, 2.75) is 6.54 Å². The van der Waals surface area contributed by atoms with Crippen LogP contribution >= 0.6 is 0 Å². The van der Waals surface area contributed by atoms with Crippen LogP contribution in [0.5, 0.6) is 0 Å². The van der Waals surface area contributed by atoms with Gasteiger partial charge in [-0.2, -0.15) is 4.98 Å². The second-order valence-electron chi connectivity index (χ2n) is 4.72. The second kappa shape index (κ2) is 5.24. The number of anilines is 2. The molecule has 0 bridgehead atoms. The van der Waals surface area contributed by atoms with Crippen LogP contribution < -0.4 is 16.6 Å². The SMILES string of the molecule is Nc1nc2[nH]cc(CNc3ccc(C(=O)O)cc3)c2c(=O)[nH]1. The van der Waals surface area contributed by atoms with Gasteiger partial charge in [0.25, 0.3) is 5.56 Å². The van der Waals surface area contributed by atoms with E-state index in [1.54, 1.807) is 18.3 Å². The zero-order valence-electron chi connectivity index (χ0n) is 11.4. The summed E-state index contributed by atoms with van der Waals surface area (Å²) in [5.74, 6) is -0.915. The molecule has 8 nitrogen and oxygen atoms in total. The number of benzene rings is 1. The lowest BCUT2D eigenvalue weighted by Gasteiger charge is -2.05. The van der Waals surface area contributed by atoms with Gasteiger partial charge in [0, 0.05) is 24.0 Å². The van der Waals surface area contributed by atoms with E-state index in [-0.39, 0.29) is 17.1 Å². The number of nitrogens with two attached hydrogens (primary N) is 1. The molecule has 0 aliphatic carbocycles. The number of nitrogens with zero attached hydrogens (tertiary/aromatic N) is 1. The second-order valence-corrected chi connectivity index (χ2v) is 4.72. The number of aromatic carboxylic acids is 1. The number of carboxylic acid groups (broad SMARTS) is 1. The maximum atomic E-state index is 11.9. The Labute approximate surface area is 124 Å². The van der Waals surface area contributed by atoms with Gasteiger partial charge in [0.05, 0.1) is 10.9 Å². The Morgan fingerprint density at radius 2 is 2.05 bits per heavy atom. The Bertz CT molecular complexity index is 895. The molecule has 0 aliphatic heterocycles. The summed E-state index contributed by atoms with van der Waals surface area (Å²) >= 11 is 0. The van der Waals surface area contributed by atoms with E-state index < -0.39 is 5.97 Å². The quantitative estimate of drug-likeness (QED) is 0.490. The topological polar surface area (TPSA) is 137 Å². The van der Waals surface area contributed by atoms with Crippen LogP contribution in [0.3, 0.4) is 0 Å². The van der Waals surface area contributed by atoms with Crippen molar-refractivity contribution in [3.8, 4) is 0 Å². The van der Waals surface area contributed by atoms with Crippen molar-refractivity contribution in [2.24, 2.45) is 0 Å². The summed E-state index contributed by atoms with van der Waals surface area (Å²) in [5, 5.41) is 12.4. The molecule has 3 aromatic rings. The number of carboxylic acids is 1. The van der Waals surface area contributed by atoms with Gasteiger partial charge in [-0.05, 0) is 24.3 Å². The fraction of sp³-hybridized carbons (Fsp3) is 0.0714. The van der Waals surface area contributed by atoms with E-state index in [0.717, 1.165) is 11.3 Å². The third-order valence-electron chi connectivity index (χ3n) is 3.26. The van der Waals surface area contributed by atoms with Gasteiger partial charge in [-0.25, -0.2) is 4.79 Å². The van der Waals surface area contributed by atoms with Crippen LogP contribution in [0.1, 0.15) is 15.9 Å². The van der Waals surface area contributed by atoms with Gasteiger partial charge in [-0.15, -0.1) is 0 Å². The van der Waals surface area contributed by atoms with E-state index in [1.165, 1.54) is 12.1 Å². The van der Waals surface area contributed by atoms with Gasteiger partial charge in [0.1, 0.15) is 5.65 Å². The molecule has 1 aromatic carbocycles. The molecule has 2 aromatic heterocycles. The lowest BCUT2D eigenvalue weighted by atomic mass is 10.2. The number of carbonyl (C=O) groups is 1. The van der Waals surface area contributed by atoms with Crippen molar-refractivity contribution in [2.75, 3.05) is 11.1 Å². The zero-order valence-corrected chi connectivity index (χ0v) is 11.4. The molecule has 0 radical (unpaired) electrons. The highest BCUT2D eigenvalue weighted by Crippen LogP contribution is 2.16. The van der Waals surface area contributed by atoms with Gasteiger partial charge in [-0.1, -0.05) is 0 Å². The number of fused-ring (bicyclic) bond motifs is 1. The molecule has 0 saturated carbocycles. The van der Waals surface area contributed by atoms with Crippen LogP contribution in [-0.4, -0.2) is 26.0 Å². The first-order valence-electron chi connectivity index (χ1n) is 6.47. The Balaban J connectivity index is 1.82. The Kier molecular flexibility index (Phi) is 3.26. The maximum Gasteiger partial charge on any atom is 0.335 e. The van der Waals surface area contributed by atoms with Crippen LogP contribution in [-0.2, 0) is 6.54 Å². The minimum atomic E-state index is -0.974. The fourth-order valence-corrected chi connectivity index (χ4v) is 2.19. The van der Waals surface area contributed by atoms with E-state index in [0.29, 0.717) is 17.6 Å². The van der Waals surface area contributed by atoms with Crippen molar-refractivity contribution < 1.29 is 9.90 Å². The van der Waals surface area contributed by atoms with Crippen LogP contribution in [0.4, 0.5) is 11.6 Å². The van der Waals surface area contributed by atoms with E-state index in [1.807, 2.05) is 0 Å². The van der Waals surface area contributed by atoms with Crippen LogP contribution in [0.15, 0.2) is 35.3 Å². The zero-order chi connectivity index (χ0) is 15.7. The minimum absolute atomic E-state index is 0.0584. The molecule has 0 saturated heterocycles. The van der Waals surface area contributed by atoms with Crippen molar-refractivity contribution in [3.63, 3.8) is 0 Å². The molecule has 8 heteroatoms. The van der Waals surface area contributed by atoms with E-state index in [2.05, 4.69) is 20.3 Å². The predicted molar refractivity (Wildman–Crippen MR) is 81.9 cm³/mol. The van der Waals surface area contributed by atoms with E-state index >= 15 is 0 Å². The molecule has 0 spiro atoms. The molecule has 3 rings (SSSR count). The molecule has 112 valence electrons. The van der Waals surface area contributed by atoms with Crippen molar-refractivity contribution >= 4 is 28.6 Å². The number of hydrogen-bond acceptors (Lipinski definition) is 5. The molecular weight excluding hydrogens is 286 g/mol. The highest BCUT2D eigenvalue weighted by Gasteiger charge is 2.10. The number of nitrogens with one attached hydrogen (secondary N) is 3. The minimum Gasteiger partial charge on any atom is -0.478 e. The molecular formula is C14H13N5O3. The number of nitrogen functional groups attached to an aromatic ring is 1. The molecule has 0 fully saturated rings. The van der Waals surface area contributed by atoms with Gasteiger partial charge >= 0.3 is 5.97 Å². The number of H-pyrrole nitrogens is 2. The summed E-state index contributed by atoms with van der Waals surface area (Å²) in [6.45, 7) is 0.390. The van der Waals surface area contributed by atoms with Crippen molar-refractivity contribution in [1.82, 2.24) is 15.0 Å². The number of rotatable bonds is 4. The van der Waals surface area contributed by atoms with Crippen LogP contribution in [0, 0.1) is 0 Å². The number of aromatic amines is 2. The third kappa shape index (κ3) is 2.49. The van der Waals surface area contributed by atoms with Gasteiger partial charge < -0.3 is 21.1 Å². The van der Waals surface area contributed by atoms with E-state index in [4.69, 9.17) is 10.8 Å². The molecule has 0 atom stereocenters. The first kappa shape index (κ1) is 13.7. The average Bonchev–Trinajstić information content (AvgIpc) is 2.88. The summed E-state index contributed by atoms with van der Waals surface area (Å²) < 4.78 is 0. The monoisotopic (exact) mass is 299 g/mol. The largest absolute Gasteiger partial charge is 0.478 e. The molecule has 0 unspecified atom stereocenters. The first-order valence-corrected chi connectivity index (χ1v) is 6.47. The van der Waals surface area contributed by atoms with Crippen molar-refractivity contribution in [1.29, 1.82) is 0 Å². The van der Waals surface area contributed by atoms with Gasteiger partial charge in [0.2, 0.25) is 5.95 Å². The smallest absolute Gasteiger partial charge is 0.335 e. The van der Waals surface area contributed by atoms with Gasteiger partial charge in [-0.3, -0.25) is 9.78 Å². The lowest BCUT2D eigenvalue weighted by molar-refractivity contribution is 0.0697. The molecule has 0 amide bonds. The summed E-state index contributed by atoms with van der Waals surface area (Å²) in [5.41, 5.74) is 7.32. The number of hydrogen-bond donors (Lipinski definition) is 5. The molecule has 22 heavy (non-hydrogen) atoms. The van der Waals surface area contributed by atoms with Crippen LogP contribution in [0.25, 0.3) is 11.0 Å².